The highest BCUT2D eigenvalue weighted by Crippen LogP contribution is 2.77. The highest BCUT2D eigenvalue weighted by molar-refractivity contribution is 9.25. The van der Waals surface area contributed by atoms with Gasteiger partial charge >= 0.3 is 0 Å². The van der Waals surface area contributed by atoms with E-state index in [1.165, 1.54) is 0 Å². The molecule has 1 aliphatic carbocycles. The zero-order valence-electron chi connectivity index (χ0n) is 7.84. The van der Waals surface area contributed by atoms with E-state index in [1.807, 2.05) is 0 Å². The summed E-state index contributed by atoms with van der Waals surface area (Å²) >= 11 is 20.2. The first-order chi connectivity index (χ1) is 5.87. The maximum Gasteiger partial charge on any atom is 0.122 e. The van der Waals surface area contributed by atoms with Gasteiger partial charge in [-0.05, 0) is 12.8 Å². The standard InChI is InChI=1S/C9H14Br2Cl2/c1-3-5-7(12)8(13,6-4-2)9(7,10)11/h3-6H2,1-2H3. The number of hydrogen-bond donors (Lipinski definition) is 0. The van der Waals surface area contributed by atoms with Crippen molar-refractivity contribution in [3.05, 3.63) is 0 Å². The quantitative estimate of drug-likeness (QED) is 0.622. The van der Waals surface area contributed by atoms with E-state index < -0.39 is 0 Å². The van der Waals surface area contributed by atoms with Gasteiger partial charge in [-0.2, -0.15) is 0 Å². The van der Waals surface area contributed by atoms with Crippen LogP contribution in [0.5, 0.6) is 0 Å². The van der Waals surface area contributed by atoms with Gasteiger partial charge in [-0.15, -0.1) is 23.2 Å². The highest BCUT2D eigenvalue weighted by Gasteiger charge is 2.83. The van der Waals surface area contributed by atoms with Gasteiger partial charge in [-0.1, -0.05) is 58.5 Å². The molecule has 0 aromatic carbocycles. The highest BCUT2D eigenvalue weighted by atomic mass is 79.9. The molecule has 0 N–H and O–H groups in total. The van der Waals surface area contributed by atoms with Crippen LogP contribution in [0.4, 0.5) is 0 Å². The molecule has 0 radical (unpaired) electrons. The van der Waals surface area contributed by atoms with Crippen LogP contribution < -0.4 is 0 Å². The fourth-order valence-electron chi connectivity index (χ4n) is 1.93. The second kappa shape index (κ2) is 3.84. The minimum atomic E-state index is -0.327. The third kappa shape index (κ3) is 1.51. The van der Waals surface area contributed by atoms with E-state index in [2.05, 4.69) is 45.7 Å². The zero-order valence-corrected chi connectivity index (χ0v) is 12.5. The fraction of sp³-hybridized carbons (Fsp3) is 1.00. The molecule has 0 heterocycles. The van der Waals surface area contributed by atoms with Crippen LogP contribution in [0.2, 0.25) is 0 Å². The van der Waals surface area contributed by atoms with Crippen molar-refractivity contribution in [3.8, 4) is 0 Å². The van der Waals surface area contributed by atoms with Gasteiger partial charge in [-0.25, -0.2) is 0 Å². The molecule has 0 aliphatic heterocycles. The van der Waals surface area contributed by atoms with E-state index in [0.29, 0.717) is 0 Å². The summed E-state index contributed by atoms with van der Waals surface area (Å²) in [5.41, 5.74) is 0. The van der Waals surface area contributed by atoms with Gasteiger partial charge in [-0.3, -0.25) is 0 Å². The first kappa shape index (κ1) is 12.6. The van der Waals surface area contributed by atoms with Crippen molar-refractivity contribution in [1.82, 2.24) is 0 Å². The van der Waals surface area contributed by atoms with Crippen LogP contribution in [-0.2, 0) is 0 Å². The van der Waals surface area contributed by atoms with Crippen LogP contribution >= 0.6 is 55.1 Å². The maximum atomic E-state index is 6.50. The summed E-state index contributed by atoms with van der Waals surface area (Å²) in [4.78, 5) is -0.654. The van der Waals surface area contributed by atoms with E-state index in [4.69, 9.17) is 23.2 Å². The van der Waals surface area contributed by atoms with Crippen LogP contribution in [0.15, 0.2) is 0 Å². The normalized spacial score (nSPS) is 42.0. The predicted octanol–water partition coefficient (Wildman–Crippen LogP) is 5.04. The van der Waals surface area contributed by atoms with Crippen molar-refractivity contribution in [2.24, 2.45) is 0 Å². The molecule has 1 fully saturated rings. The summed E-state index contributed by atoms with van der Waals surface area (Å²) in [5, 5.41) is 0. The van der Waals surface area contributed by atoms with Crippen molar-refractivity contribution in [1.29, 1.82) is 0 Å². The lowest BCUT2D eigenvalue weighted by Crippen LogP contribution is -2.13. The van der Waals surface area contributed by atoms with Gasteiger partial charge < -0.3 is 0 Å². The Hall–Kier alpha value is 1.54. The number of hydrogen-bond acceptors (Lipinski definition) is 0. The molecule has 0 nitrogen and oxygen atoms in total. The minimum absolute atomic E-state index is 0.283. The van der Waals surface area contributed by atoms with Crippen molar-refractivity contribution >= 4 is 55.1 Å². The maximum absolute atomic E-state index is 6.50. The molecular formula is C9H14Br2Cl2. The second-order valence-corrected chi connectivity index (χ2v) is 8.41. The SMILES string of the molecule is CCCC1(Cl)C(Br)(Br)C1(Cl)CCC. The Balaban J connectivity index is 2.79. The first-order valence-corrected chi connectivity index (χ1v) is 6.97. The van der Waals surface area contributed by atoms with E-state index in [1.54, 1.807) is 0 Å². The Kier molecular flexibility index (Phi) is 3.73. The van der Waals surface area contributed by atoms with Crippen molar-refractivity contribution < 1.29 is 0 Å². The summed E-state index contributed by atoms with van der Waals surface area (Å²) in [7, 11) is 0. The Labute approximate surface area is 107 Å². The van der Waals surface area contributed by atoms with E-state index in [0.717, 1.165) is 25.7 Å². The molecule has 0 spiro atoms. The Morgan fingerprint density at radius 3 is 1.46 bits per heavy atom. The summed E-state index contributed by atoms with van der Waals surface area (Å²) in [6.45, 7) is 4.25. The predicted molar refractivity (Wildman–Crippen MR) is 67.6 cm³/mol. The van der Waals surface area contributed by atoms with Gasteiger partial charge in [0, 0.05) is 0 Å². The molecule has 0 amide bonds. The molecule has 0 saturated heterocycles. The Bertz CT molecular complexity index is 188. The van der Waals surface area contributed by atoms with Crippen LogP contribution in [0, 0.1) is 0 Å². The summed E-state index contributed by atoms with van der Waals surface area (Å²) in [6.07, 6.45) is 3.99. The van der Waals surface area contributed by atoms with Gasteiger partial charge in [0.2, 0.25) is 0 Å². The van der Waals surface area contributed by atoms with Crippen LogP contribution in [0.1, 0.15) is 39.5 Å². The molecule has 2 atom stereocenters. The Morgan fingerprint density at radius 1 is 0.923 bits per heavy atom. The van der Waals surface area contributed by atoms with Crippen LogP contribution in [0.3, 0.4) is 0 Å². The molecule has 0 bridgehead atoms. The van der Waals surface area contributed by atoms with Crippen LogP contribution in [-0.4, -0.2) is 13.0 Å². The van der Waals surface area contributed by atoms with E-state index in [9.17, 15) is 0 Å². The average molecular weight is 353 g/mol. The lowest BCUT2D eigenvalue weighted by molar-refractivity contribution is 0.640. The molecule has 1 aliphatic rings. The minimum Gasteiger partial charge on any atom is -0.115 e. The van der Waals surface area contributed by atoms with Crippen molar-refractivity contribution in [2.75, 3.05) is 0 Å². The number of rotatable bonds is 4. The smallest absolute Gasteiger partial charge is 0.115 e. The van der Waals surface area contributed by atoms with Crippen LogP contribution in [0.25, 0.3) is 0 Å². The van der Waals surface area contributed by atoms with Gasteiger partial charge in [0.05, 0.1) is 9.75 Å². The molecule has 1 saturated carbocycles. The third-order valence-electron chi connectivity index (χ3n) is 2.75. The molecular weight excluding hydrogens is 339 g/mol. The van der Waals surface area contributed by atoms with Crippen molar-refractivity contribution in [2.45, 2.75) is 52.5 Å². The molecule has 78 valence electrons. The molecule has 1 rings (SSSR count). The summed E-state index contributed by atoms with van der Waals surface area (Å²) in [5.74, 6) is 0. The summed E-state index contributed by atoms with van der Waals surface area (Å²) in [6, 6.07) is 0. The molecule has 2 unspecified atom stereocenters. The monoisotopic (exact) mass is 350 g/mol. The van der Waals surface area contributed by atoms with Gasteiger partial charge in [0.25, 0.3) is 0 Å². The largest absolute Gasteiger partial charge is 0.122 e. The summed E-state index contributed by atoms with van der Waals surface area (Å²) < 4.78 is -0.283. The average Bonchev–Trinajstić information content (AvgIpc) is 2.32. The topological polar surface area (TPSA) is 0 Å². The molecule has 0 aromatic heterocycles. The van der Waals surface area contributed by atoms with Crippen molar-refractivity contribution in [3.63, 3.8) is 0 Å². The van der Waals surface area contributed by atoms with Gasteiger partial charge in [0.15, 0.2) is 0 Å². The lowest BCUT2D eigenvalue weighted by Gasteiger charge is -2.10. The second-order valence-electron chi connectivity index (χ2n) is 3.68. The lowest BCUT2D eigenvalue weighted by atomic mass is 10.1. The Morgan fingerprint density at radius 2 is 1.23 bits per heavy atom. The molecule has 4 heteroatoms. The number of halogens is 4. The molecule has 13 heavy (non-hydrogen) atoms. The first-order valence-electron chi connectivity index (χ1n) is 4.63. The van der Waals surface area contributed by atoms with E-state index >= 15 is 0 Å². The third-order valence-corrected chi connectivity index (χ3v) is 8.06. The van der Waals surface area contributed by atoms with Gasteiger partial charge in [0.1, 0.15) is 3.23 Å². The zero-order chi connectivity index (χ0) is 10.3. The molecule has 0 aromatic rings. The fourth-order valence-corrected chi connectivity index (χ4v) is 5.47. The van der Waals surface area contributed by atoms with E-state index in [-0.39, 0.29) is 13.0 Å². The number of alkyl halides is 4.